The first kappa shape index (κ1) is 11.4. The van der Waals surface area contributed by atoms with E-state index in [1.54, 1.807) is 0 Å². The lowest BCUT2D eigenvalue weighted by molar-refractivity contribution is 0.349. The molecule has 16 heavy (non-hydrogen) atoms. The van der Waals surface area contributed by atoms with E-state index >= 15 is 0 Å². The molecule has 1 saturated carbocycles. The highest BCUT2D eigenvalue weighted by atomic mass is 14.9. The van der Waals surface area contributed by atoms with Crippen LogP contribution >= 0.6 is 0 Å². The van der Waals surface area contributed by atoms with Crippen molar-refractivity contribution in [2.24, 2.45) is 5.92 Å². The number of nitrogens with one attached hydrogen (secondary N) is 1. The van der Waals surface area contributed by atoms with Gasteiger partial charge in [0.15, 0.2) is 0 Å². The van der Waals surface area contributed by atoms with E-state index in [1.807, 2.05) is 6.92 Å². The van der Waals surface area contributed by atoms with Crippen LogP contribution in [0, 0.1) is 19.8 Å². The molecule has 2 atom stereocenters. The van der Waals surface area contributed by atoms with E-state index in [0.717, 1.165) is 17.3 Å². The quantitative estimate of drug-likeness (QED) is 0.819. The number of hydrogen-bond donors (Lipinski definition) is 1. The van der Waals surface area contributed by atoms with Crippen molar-refractivity contribution in [1.29, 1.82) is 0 Å². The number of nitrogens with zero attached hydrogens (tertiary/aromatic N) is 1. The molecule has 1 N–H and O–H groups in total. The van der Waals surface area contributed by atoms with Gasteiger partial charge >= 0.3 is 0 Å². The van der Waals surface area contributed by atoms with Crippen molar-refractivity contribution in [2.45, 2.75) is 52.5 Å². The standard InChI is InChI=1S/C14H22N2/c1-10-6-4-5-7-13(10)16-14-9-8-11(2)15-12(14)3/h8-10,13,16H,4-7H2,1-3H3. The van der Waals surface area contributed by atoms with Crippen LogP contribution in [0.5, 0.6) is 0 Å². The van der Waals surface area contributed by atoms with Gasteiger partial charge in [-0.05, 0) is 44.7 Å². The molecule has 1 aromatic heterocycles. The summed E-state index contributed by atoms with van der Waals surface area (Å²) in [5.41, 5.74) is 3.43. The van der Waals surface area contributed by atoms with E-state index in [4.69, 9.17) is 0 Å². The van der Waals surface area contributed by atoms with Crippen molar-refractivity contribution in [3.8, 4) is 0 Å². The van der Waals surface area contributed by atoms with Crippen LogP contribution in [0.25, 0.3) is 0 Å². The van der Waals surface area contributed by atoms with Gasteiger partial charge in [-0.3, -0.25) is 4.98 Å². The topological polar surface area (TPSA) is 24.9 Å². The zero-order valence-corrected chi connectivity index (χ0v) is 10.6. The van der Waals surface area contributed by atoms with E-state index in [-0.39, 0.29) is 0 Å². The minimum absolute atomic E-state index is 0.636. The molecule has 0 saturated heterocycles. The first-order valence-electron chi connectivity index (χ1n) is 6.37. The van der Waals surface area contributed by atoms with Gasteiger partial charge < -0.3 is 5.32 Å². The highest BCUT2D eigenvalue weighted by Gasteiger charge is 2.21. The third-order valence-electron chi connectivity index (χ3n) is 3.68. The van der Waals surface area contributed by atoms with Gasteiger partial charge in [0.2, 0.25) is 0 Å². The molecule has 1 aromatic rings. The monoisotopic (exact) mass is 218 g/mol. The van der Waals surface area contributed by atoms with Gasteiger partial charge in [0, 0.05) is 11.7 Å². The second kappa shape index (κ2) is 4.86. The van der Waals surface area contributed by atoms with E-state index in [2.05, 4.69) is 36.3 Å². The van der Waals surface area contributed by atoms with E-state index in [0.29, 0.717) is 6.04 Å². The van der Waals surface area contributed by atoms with Gasteiger partial charge in [-0.2, -0.15) is 0 Å². The van der Waals surface area contributed by atoms with Gasteiger partial charge in [-0.1, -0.05) is 19.8 Å². The Balaban J connectivity index is 2.07. The Labute approximate surface area is 98.5 Å². The van der Waals surface area contributed by atoms with Crippen molar-refractivity contribution >= 4 is 5.69 Å². The fourth-order valence-corrected chi connectivity index (χ4v) is 2.57. The van der Waals surface area contributed by atoms with Crippen molar-refractivity contribution in [1.82, 2.24) is 4.98 Å². The lowest BCUT2D eigenvalue weighted by Crippen LogP contribution is -2.30. The Morgan fingerprint density at radius 2 is 1.94 bits per heavy atom. The number of anilines is 1. The van der Waals surface area contributed by atoms with E-state index < -0.39 is 0 Å². The molecule has 0 spiro atoms. The average molecular weight is 218 g/mol. The molecule has 1 aliphatic rings. The molecule has 0 aliphatic heterocycles. The van der Waals surface area contributed by atoms with Crippen molar-refractivity contribution in [3.63, 3.8) is 0 Å². The molecule has 1 heterocycles. The van der Waals surface area contributed by atoms with Crippen molar-refractivity contribution in [2.75, 3.05) is 5.32 Å². The molecule has 2 unspecified atom stereocenters. The van der Waals surface area contributed by atoms with Crippen LogP contribution in [0.3, 0.4) is 0 Å². The summed E-state index contributed by atoms with van der Waals surface area (Å²) in [5, 5.41) is 3.66. The molecule has 2 nitrogen and oxygen atoms in total. The number of rotatable bonds is 2. The SMILES string of the molecule is Cc1ccc(NC2CCCCC2C)c(C)n1. The number of pyridine rings is 1. The van der Waals surface area contributed by atoms with Gasteiger partial charge in [0.1, 0.15) is 0 Å². The predicted octanol–water partition coefficient (Wildman–Crippen LogP) is 3.69. The van der Waals surface area contributed by atoms with E-state index in [1.165, 1.54) is 31.4 Å². The summed E-state index contributed by atoms with van der Waals surface area (Å²) < 4.78 is 0. The largest absolute Gasteiger partial charge is 0.381 e. The lowest BCUT2D eigenvalue weighted by atomic mass is 9.86. The van der Waals surface area contributed by atoms with Gasteiger partial charge in [0.05, 0.1) is 11.4 Å². The predicted molar refractivity (Wildman–Crippen MR) is 68.8 cm³/mol. The number of hydrogen-bond acceptors (Lipinski definition) is 2. The normalized spacial score (nSPS) is 25.4. The molecule has 0 amide bonds. The Kier molecular flexibility index (Phi) is 3.47. The first-order chi connectivity index (χ1) is 7.66. The van der Waals surface area contributed by atoms with E-state index in [9.17, 15) is 0 Å². The van der Waals surface area contributed by atoms with Crippen LogP contribution in [0.2, 0.25) is 0 Å². The van der Waals surface area contributed by atoms with Crippen molar-refractivity contribution < 1.29 is 0 Å². The summed E-state index contributed by atoms with van der Waals surface area (Å²) in [4.78, 5) is 4.50. The van der Waals surface area contributed by atoms with Crippen LogP contribution in [-0.4, -0.2) is 11.0 Å². The summed E-state index contributed by atoms with van der Waals surface area (Å²) in [6, 6.07) is 4.89. The van der Waals surface area contributed by atoms with Gasteiger partial charge in [-0.15, -0.1) is 0 Å². The lowest BCUT2D eigenvalue weighted by Gasteiger charge is -2.30. The van der Waals surface area contributed by atoms with Crippen LogP contribution < -0.4 is 5.32 Å². The second-order valence-corrected chi connectivity index (χ2v) is 5.10. The molecule has 2 heteroatoms. The van der Waals surface area contributed by atoms with Crippen molar-refractivity contribution in [3.05, 3.63) is 23.5 Å². The fraction of sp³-hybridized carbons (Fsp3) is 0.643. The highest BCUT2D eigenvalue weighted by molar-refractivity contribution is 5.48. The maximum absolute atomic E-state index is 4.50. The van der Waals surface area contributed by atoms with Crippen LogP contribution in [-0.2, 0) is 0 Å². The fourth-order valence-electron chi connectivity index (χ4n) is 2.57. The first-order valence-corrected chi connectivity index (χ1v) is 6.37. The molecule has 0 aromatic carbocycles. The maximum Gasteiger partial charge on any atom is 0.0606 e. The second-order valence-electron chi connectivity index (χ2n) is 5.10. The molecule has 1 fully saturated rings. The van der Waals surface area contributed by atoms with Crippen LogP contribution in [0.4, 0.5) is 5.69 Å². The van der Waals surface area contributed by atoms with Gasteiger partial charge in [0.25, 0.3) is 0 Å². The molecule has 0 radical (unpaired) electrons. The highest BCUT2D eigenvalue weighted by Crippen LogP contribution is 2.27. The minimum atomic E-state index is 0.636. The molecule has 2 rings (SSSR count). The van der Waals surface area contributed by atoms with Crippen LogP contribution in [0.15, 0.2) is 12.1 Å². The molecule has 1 aliphatic carbocycles. The Hall–Kier alpha value is -1.05. The minimum Gasteiger partial charge on any atom is -0.381 e. The average Bonchev–Trinajstić information content (AvgIpc) is 2.25. The smallest absolute Gasteiger partial charge is 0.0606 e. The molecular formula is C14H22N2. The molecular weight excluding hydrogens is 196 g/mol. The summed E-state index contributed by atoms with van der Waals surface area (Å²) in [6.45, 7) is 6.48. The Bertz CT molecular complexity index is 360. The zero-order valence-electron chi connectivity index (χ0n) is 10.6. The Morgan fingerprint density at radius 1 is 1.19 bits per heavy atom. The summed E-state index contributed by atoms with van der Waals surface area (Å²) >= 11 is 0. The zero-order chi connectivity index (χ0) is 11.5. The van der Waals surface area contributed by atoms with Crippen LogP contribution in [0.1, 0.15) is 44.0 Å². The maximum atomic E-state index is 4.50. The summed E-state index contributed by atoms with van der Waals surface area (Å²) in [6.07, 6.45) is 5.41. The third kappa shape index (κ3) is 2.55. The number of aromatic nitrogens is 1. The number of aryl methyl sites for hydroxylation is 2. The molecule has 0 bridgehead atoms. The summed E-state index contributed by atoms with van der Waals surface area (Å²) in [5.74, 6) is 0.787. The summed E-state index contributed by atoms with van der Waals surface area (Å²) in [7, 11) is 0. The van der Waals surface area contributed by atoms with Gasteiger partial charge in [-0.25, -0.2) is 0 Å². The molecule has 88 valence electrons. The Morgan fingerprint density at radius 3 is 2.62 bits per heavy atom. The third-order valence-corrected chi connectivity index (χ3v) is 3.68.